The number of nitrogens with zero attached hydrogens (tertiary/aromatic N) is 2. The molecule has 2 N–H and O–H groups in total. The summed E-state index contributed by atoms with van der Waals surface area (Å²) in [5.74, 6) is -0.0460. The van der Waals surface area contributed by atoms with Crippen LogP contribution in [0.3, 0.4) is 0 Å². The van der Waals surface area contributed by atoms with Gasteiger partial charge in [-0.1, -0.05) is 0 Å². The van der Waals surface area contributed by atoms with Crippen LogP contribution in [0.1, 0.15) is 23.2 Å². The van der Waals surface area contributed by atoms with Gasteiger partial charge in [0.25, 0.3) is 5.91 Å². The van der Waals surface area contributed by atoms with Crippen LogP contribution in [-0.2, 0) is 0 Å². The fraction of sp³-hybridized carbons (Fsp3) is 0.556. The molecule has 0 aliphatic heterocycles. The van der Waals surface area contributed by atoms with Gasteiger partial charge < -0.3 is 10.0 Å². The Morgan fingerprint density at radius 2 is 2.50 bits per heavy atom. The lowest BCUT2D eigenvalue weighted by atomic mass is 10.3. The first-order valence-electron chi connectivity index (χ1n) is 4.73. The highest BCUT2D eigenvalue weighted by Crippen LogP contribution is 2.27. The Hall–Kier alpha value is -1.36. The average Bonchev–Trinajstić information content (AvgIpc) is 2.88. The standard InChI is InChI=1S/C9H13N3O2/c13-4-3-12(8-1-2-8)9(14)7-5-10-11-6-7/h5-6,8,13H,1-4H2,(H,10,11). The first kappa shape index (κ1) is 9.21. The third-order valence-electron chi connectivity index (χ3n) is 2.33. The van der Waals surface area contributed by atoms with Crippen LogP contribution in [0.2, 0.25) is 0 Å². The minimum Gasteiger partial charge on any atom is -0.395 e. The van der Waals surface area contributed by atoms with Gasteiger partial charge in [-0.2, -0.15) is 5.10 Å². The van der Waals surface area contributed by atoms with Crippen molar-refractivity contribution in [1.82, 2.24) is 15.1 Å². The molecule has 76 valence electrons. The van der Waals surface area contributed by atoms with E-state index in [9.17, 15) is 4.79 Å². The quantitative estimate of drug-likeness (QED) is 0.710. The Balaban J connectivity index is 2.07. The highest BCUT2D eigenvalue weighted by Gasteiger charge is 2.32. The summed E-state index contributed by atoms with van der Waals surface area (Å²) >= 11 is 0. The van der Waals surface area contributed by atoms with E-state index in [0.29, 0.717) is 18.2 Å². The van der Waals surface area contributed by atoms with Crippen molar-refractivity contribution < 1.29 is 9.90 Å². The molecule has 1 aliphatic carbocycles. The number of amides is 1. The second kappa shape index (κ2) is 3.79. The first-order chi connectivity index (χ1) is 6.83. The molecule has 1 fully saturated rings. The summed E-state index contributed by atoms with van der Waals surface area (Å²) in [5, 5.41) is 15.2. The molecule has 1 amide bonds. The molecule has 0 spiro atoms. The van der Waals surface area contributed by atoms with Crippen LogP contribution in [0.15, 0.2) is 12.4 Å². The minimum atomic E-state index is -0.0460. The molecule has 5 nitrogen and oxygen atoms in total. The van der Waals surface area contributed by atoms with E-state index in [1.807, 2.05) is 0 Å². The topological polar surface area (TPSA) is 69.2 Å². The van der Waals surface area contributed by atoms with E-state index in [4.69, 9.17) is 5.11 Å². The van der Waals surface area contributed by atoms with Crippen LogP contribution in [-0.4, -0.2) is 45.3 Å². The number of carbonyl (C=O) groups is 1. The number of aliphatic hydroxyl groups excluding tert-OH is 1. The Labute approximate surface area is 81.7 Å². The van der Waals surface area contributed by atoms with Crippen molar-refractivity contribution in [2.45, 2.75) is 18.9 Å². The SMILES string of the molecule is O=C(c1cn[nH]c1)N(CCO)C1CC1. The molecule has 1 aromatic rings. The molecule has 2 rings (SSSR count). The average molecular weight is 195 g/mol. The summed E-state index contributed by atoms with van der Waals surface area (Å²) in [6, 6.07) is 0.324. The largest absolute Gasteiger partial charge is 0.395 e. The van der Waals surface area contributed by atoms with E-state index < -0.39 is 0 Å². The van der Waals surface area contributed by atoms with Crippen molar-refractivity contribution >= 4 is 5.91 Å². The molecular formula is C9H13N3O2. The molecule has 1 aliphatic rings. The number of hydrogen-bond acceptors (Lipinski definition) is 3. The summed E-state index contributed by atoms with van der Waals surface area (Å²) in [6.07, 6.45) is 5.18. The Bertz CT molecular complexity index is 306. The molecule has 0 radical (unpaired) electrons. The van der Waals surface area contributed by atoms with E-state index in [1.165, 1.54) is 6.20 Å². The molecule has 1 aromatic heterocycles. The molecule has 1 heterocycles. The van der Waals surface area contributed by atoms with Crippen molar-refractivity contribution in [2.24, 2.45) is 0 Å². The number of aliphatic hydroxyl groups is 1. The van der Waals surface area contributed by atoms with Gasteiger partial charge in [0.1, 0.15) is 0 Å². The van der Waals surface area contributed by atoms with Crippen molar-refractivity contribution in [1.29, 1.82) is 0 Å². The Morgan fingerprint density at radius 3 is 3.00 bits per heavy atom. The van der Waals surface area contributed by atoms with Gasteiger partial charge in [0.05, 0.1) is 18.4 Å². The van der Waals surface area contributed by atoms with Crippen molar-refractivity contribution in [2.75, 3.05) is 13.2 Å². The van der Waals surface area contributed by atoms with Gasteiger partial charge >= 0.3 is 0 Å². The summed E-state index contributed by atoms with van der Waals surface area (Å²) in [4.78, 5) is 13.5. The van der Waals surface area contributed by atoms with E-state index in [2.05, 4.69) is 10.2 Å². The highest BCUT2D eigenvalue weighted by molar-refractivity contribution is 5.94. The molecule has 1 saturated carbocycles. The van der Waals surface area contributed by atoms with Crippen LogP contribution in [0, 0.1) is 0 Å². The zero-order chi connectivity index (χ0) is 9.97. The smallest absolute Gasteiger partial charge is 0.257 e. The van der Waals surface area contributed by atoms with E-state index >= 15 is 0 Å². The first-order valence-corrected chi connectivity index (χ1v) is 4.73. The van der Waals surface area contributed by atoms with Gasteiger partial charge in [0, 0.05) is 18.8 Å². The van der Waals surface area contributed by atoms with Gasteiger partial charge in [-0.05, 0) is 12.8 Å². The zero-order valence-corrected chi connectivity index (χ0v) is 7.81. The van der Waals surface area contributed by atoms with Gasteiger partial charge in [-0.15, -0.1) is 0 Å². The van der Waals surface area contributed by atoms with E-state index in [0.717, 1.165) is 12.8 Å². The highest BCUT2D eigenvalue weighted by atomic mass is 16.3. The zero-order valence-electron chi connectivity index (χ0n) is 7.81. The molecule has 5 heteroatoms. The maximum atomic E-state index is 11.8. The summed E-state index contributed by atoms with van der Waals surface area (Å²) < 4.78 is 0. The number of aromatic nitrogens is 2. The molecule has 0 saturated heterocycles. The second-order valence-electron chi connectivity index (χ2n) is 3.44. The lowest BCUT2D eigenvalue weighted by Gasteiger charge is -2.20. The number of hydrogen-bond donors (Lipinski definition) is 2. The molecule has 0 unspecified atom stereocenters. The lowest BCUT2D eigenvalue weighted by molar-refractivity contribution is 0.0707. The molecule has 0 aromatic carbocycles. The van der Waals surface area contributed by atoms with E-state index in [-0.39, 0.29) is 12.5 Å². The van der Waals surface area contributed by atoms with Crippen LogP contribution < -0.4 is 0 Å². The third-order valence-corrected chi connectivity index (χ3v) is 2.33. The summed E-state index contributed by atoms with van der Waals surface area (Å²) in [7, 11) is 0. The third kappa shape index (κ3) is 1.77. The number of rotatable bonds is 4. The number of aromatic amines is 1. The molecular weight excluding hydrogens is 182 g/mol. The van der Waals surface area contributed by atoms with Crippen molar-refractivity contribution in [3.8, 4) is 0 Å². The fourth-order valence-corrected chi connectivity index (χ4v) is 1.48. The van der Waals surface area contributed by atoms with E-state index in [1.54, 1.807) is 11.1 Å². The Kier molecular flexibility index (Phi) is 2.49. The molecule has 14 heavy (non-hydrogen) atoms. The maximum absolute atomic E-state index is 11.8. The summed E-state index contributed by atoms with van der Waals surface area (Å²) in [5.41, 5.74) is 0.561. The van der Waals surface area contributed by atoms with Gasteiger partial charge in [-0.25, -0.2) is 0 Å². The summed E-state index contributed by atoms with van der Waals surface area (Å²) in [6.45, 7) is 0.425. The van der Waals surface area contributed by atoms with Crippen LogP contribution in [0.25, 0.3) is 0 Å². The second-order valence-corrected chi connectivity index (χ2v) is 3.44. The number of carbonyl (C=O) groups excluding carboxylic acids is 1. The van der Waals surface area contributed by atoms with Crippen LogP contribution in [0.5, 0.6) is 0 Å². The predicted molar refractivity (Wildman–Crippen MR) is 49.7 cm³/mol. The van der Waals surface area contributed by atoms with Crippen LogP contribution >= 0.6 is 0 Å². The normalized spacial score (nSPS) is 15.5. The monoisotopic (exact) mass is 195 g/mol. The van der Waals surface area contributed by atoms with Crippen LogP contribution in [0.4, 0.5) is 0 Å². The Morgan fingerprint density at radius 1 is 1.71 bits per heavy atom. The maximum Gasteiger partial charge on any atom is 0.257 e. The molecule has 0 atom stereocenters. The number of nitrogens with one attached hydrogen (secondary N) is 1. The van der Waals surface area contributed by atoms with Gasteiger partial charge in [0.2, 0.25) is 0 Å². The van der Waals surface area contributed by atoms with Crippen molar-refractivity contribution in [3.05, 3.63) is 18.0 Å². The molecule has 0 bridgehead atoms. The lowest BCUT2D eigenvalue weighted by Crippen LogP contribution is -2.35. The fourth-order valence-electron chi connectivity index (χ4n) is 1.48. The van der Waals surface area contributed by atoms with Gasteiger partial charge in [-0.3, -0.25) is 9.89 Å². The van der Waals surface area contributed by atoms with Gasteiger partial charge in [0.15, 0.2) is 0 Å². The number of H-pyrrole nitrogens is 1. The minimum absolute atomic E-state index is 0.0140. The predicted octanol–water partition coefficient (Wildman–Crippen LogP) is 0.00660. The van der Waals surface area contributed by atoms with Crippen molar-refractivity contribution in [3.63, 3.8) is 0 Å².